The highest BCUT2D eigenvalue weighted by atomic mass is 19.1. The van der Waals surface area contributed by atoms with E-state index in [-0.39, 0.29) is 12.1 Å². The summed E-state index contributed by atoms with van der Waals surface area (Å²) in [6.07, 6.45) is 2.50. The van der Waals surface area contributed by atoms with E-state index in [1.54, 1.807) is 0 Å². The molecule has 1 aliphatic rings. The van der Waals surface area contributed by atoms with Crippen LogP contribution in [0.2, 0.25) is 0 Å². The molecule has 4 heteroatoms. The normalized spacial score (nSPS) is 18.7. The van der Waals surface area contributed by atoms with Gasteiger partial charge in [-0.3, -0.25) is 0 Å². The van der Waals surface area contributed by atoms with Crippen LogP contribution in [0.4, 0.5) is 8.78 Å². The Bertz CT molecular complexity index is 407. The average Bonchev–Trinajstić information content (AvgIpc) is 3.14. The van der Waals surface area contributed by atoms with Crippen molar-refractivity contribution in [3.63, 3.8) is 0 Å². The van der Waals surface area contributed by atoms with Gasteiger partial charge in [0.15, 0.2) is 0 Å². The predicted octanol–water partition coefficient (Wildman–Crippen LogP) is 2.65. The summed E-state index contributed by atoms with van der Waals surface area (Å²) in [5.74, 6) is -0.354. The molecule has 0 bridgehead atoms. The van der Waals surface area contributed by atoms with E-state index >= 15 is 0 Å². The maximum absolute atomic E-state index is 13.5. The molecule has 1 aromatic carbocycles. The Hall–Kier alpha value is -1.00. The molecule has 2 nitrogen and oxygen atoms in total. The molecule has 2 unspecified atom stereocenters. The Morgan fingerprint density at radius 1 is 1.39 bits per heavy atom. The SMILES string of the molecule is CCOC(C(N)Cc1cc(F)ccc1F)C1CC1. The molecule has 0 saturated heterocycles. The smallest absolute Gasteiger partial charge is 0.126 e. The minimum absolute atomic E-state index is 0.0438. The summed E-state index contributed by atoms with van der Waals surface area (Å²) < 4.78 is 32.2. The Kier molecular flexibility index (Phi) is 4.30. The first-order valence-electron chi connectivity index (χ1n) is 6.43. The highest BCUT2D eigenvalue weighted by Crippen LogP contribution is 2.36. The van der Waals surface area contributed by atoms with Crippen LogP contribution in [0.25, 0.3) is 0 Å². The summed E-state index contributed by atoms with van der Waals surface area (Å²) in [5, 5.41) is 0. The highest BCUT2D eigenvalue weighted by Gasteiger charge is 2.35. The zero-order valence-corrected chi connectivity index (χ0v) is 10.5. The van der Waals surface area contributed by atoms with E-state index in [2.05, 4.69) is 0 Å². The first-order chi connectivity index (χ1) is 8.61. The van der Waals surface area contributed by atoms with E-state index < -0.39 is 11.6 Å². The van der Waals surface area contributed by atoms with Gasteiger partial charge < -0.3 is 10.5 Å². The van der Waals surface area contributed by atoms with Gasteiger partial charge in [-0.05, 0) is 55.9 Å². The van der Waals surface area contributed by atoms with Gasteiger partial charge in [0.05, 0.1) is 6.10 Å². The monoisotopic (exact) mass is 255 g/mol. The summed E-state index contributed by atoms with van der Waals surface area (Å²) in [5.41, 5.74) is 6.41. The number of benzene rings is 1. The quantitative estimate of drug-likeness (QED) is 0.848. The van der Waals surface area contributed by atoms with Crippen molar-refractivity contribution in [1.29, 1.82) is 0 Å². The minimum atomic E-state index is -0.432. The van der Waals surface area contributed by atoms with Crippen LogP contribution in [0.3, 0.4) is 0 Å². The molecule has 1 saturated carbocycles. The summed E-state index contributed by atoms with van der Waals surface area (Å²) in [4.78, 5) is 0. The van der Waals surface area contributed by atoms with Crippen LogP contribution >= 0.6 is 0 Å². The first kappa shape index (κ1) is 13.4. The van der Waals surface area contributed by atoms with Gasteiger partial charge in [0.25, 0.3) is 0 Å². The zero-order chi connectivity index (χ0) is 13.1. The van der Waals surface area contributed by atoms with Gasteiger partial charge in [-0.1, -0.05) is 0 Å². The molecule has 1 aliphatic carbocycles. The van der Waals surface area contributed by atoms with Gasteiger partial charge >= 0.3 is 0 Å². The Balaban J connectivity index is 2.04. The molecule has 0 aliphatic heterocycles. The minimum Gasteiger partial charge on any atom is -0.377 e. The van der Waals surface area contributed by atoms with Crippen LogP contribution in [0.5, 0.6) is 0 Å². The molecule has 2 rings (SSSR count). The molecule has 18 heavy (non-hydrogen) atoms. The number of ether oxygens (including phenoxy) is 1. The fraction of sp³-hybridized carbons (Fsp3) is 0.571. The van der Waals surface area contributed by atoms with Crippen LogP contribution in [0.1, 0.15) is 25.3 Å². The molecular formula is C14H19F2NO. The molecule has 0 spiro atoms. The van der Waals surface area contributed by atoms with Crippen LogP contribution < -0.4 is 5.73 Å². The van der Waals surface area contributed by atoms with E-state index in [1.165, 1.54) is 6.07 Å². The van der Waals surface area contributed by atoms with Gasteiger partial charge in [-0.2, -0.15) is 0 Å². The van der Waals surface area contributed by atoms with Crippen molar-refractivity contribution in [2.75, 3.05) is 6.61 Å². The van der Waals surface area contributed by atoms with E-state index in [4.69, 9.17) is 10.5 Å². The maximum atomic E-state index is 13.5. The Morgan fingerprint density at radius 3 is 2.72 bits per heavy atom. The molecule has 2 atom stereocenters. The van der Waals surface area contributed by atoms with Crippen molar-refractivity contribution in [2.24, 2.45) is 11.7 Å². The van der Waals surface area contributed by atoms with Crippen molar-refractivity contribution >= 4 is 0 Å². The van der Waals surface area contributed by atoms with Crippen molar-refractivity contribution in [1.82, 2.24) is 0 Å². The number of halogens is 2. The van der Waals surface area contributed by atoms with Crippen molar-refractivity contribution in [3.05, 3.63) is 35.4 Å². The van der Waals surface area contributed by atoms with Gasteiger partial charge in [0, 0.05) is 12.6 Å². The molecule has 1 fully saturated rings. The Labute approximate surface area is 106 Å². The standard InChI is InChI=1S/C14H19F2NO/c1-2-18-14(9-3-4-9)13(17)8-10-7-11(15)5-6-12(10)16/h5-7,9,13-14H,2-4,8,17H2,1H3. The average molecular weight is 255 g/mol. The highest BCUT2D eigenvalue weighted by molar-refractivity contribution is 5.20. The third kappa shape index (κ3) is 3.27. The lowest BCUT2D eigenvalue weighted by atomic mass is 9.98. The number of hydrogen-bond acceptors (Lipinski definition) is 2. The molecule has 0 aromatic heterocycles. The van der Waals surface area contributed by atoms with Gasteiger partial charge in [0.1, 0.15) is 11.6 Å². The third-order valence-corrected chi connectivity index (χ3v) is 3.33. The van der Waals surface area contributed by atoms with Crippen molar-refractivity contribution in [2.45, 2.75) is 38.3 Å². The number of hydrogen-bond donors (Lipinski definition) is 1. The third-order valence-electron chi connectivity index (χ3n) is 3.33. The second kappa shape index (κ2) is 5.76. The lowest BCUT2D eigenvalue weighted by molar-refractivity contribution is 0.0286. The molecule has 0 radical (unpaired) electrons. The zero-order valence-electron chi connectivity index (χ0n) is 10.5. The van der Waals surface area contributed by atoms with Gasteiger partial charge in [0.2, 0.25) is 0 Å². The molecule has 0 heterocycles. The van der Waals surface area contributed by atoms with Crippen LogP contribution in [-0.2, 0) is 11.2 Å². The second-order valence-corrected chi connectivity index (χ2v) is 4.86. The van der Waals surface area contributed by atoms with Crippen LogP contribution in [-0.4, -0.2) is 18.8 Å². The largest absolute Gasteiger partial charge is 0.377 e. The van der Waals surface area contributed by atoms with E-state index in [0.717, 1.165) is 25.0 Å². The lowest BCUT2D eigenvalue weighted by Crippen LogP contribution is -2.40. The maximum Gasteiger partial charge on any atom is 0.126 e. The molecule has 1 aromatic rings. The van der Waals surface area contributed by atoms with Crippen molar-refractivity contribution < 1.29 is 13.5 Å². The number of nitrogens with two attached hydrogens (primary N) is 1. The van der Waals surface area contributed by atoms with Crippen LogP contribution in [0, 0.1) is 17.6 Å². The fourth-order valence-corrected chi connectivity index (χ4v) is 2.30. The molecule has 0 amide bonds. The topological polar surface area (TPSA) is 35.2 Å². The van der Waals surface area contributed by atoms with E-state index in [1.807, 2.05) is 6.92 Å². The first-order valence-corrected chi connectivity index (χ1v) is 6.43. The second-order valence-electron chi connectivity index (χ2n) is 4.86. The van der Waals surface area contributed by atoms with E-state index in [0.29, 0.717) is 24.5 Å². The Morgan fingerprint density at radius 2 is 2.11 bits per heavy atom. The predicted molar refractivity (Wildman–Crippen MR) is 66.2 cm³/mol. The van der Waals surface area contributed by atoms with Gasteiger partial charge in [-0.25, -0.2) is 8.78 Å². The summed E-state index contributed by atoms with van der Waals surface area (Å²) in [6.45, 7) is 2.52. The fourth-order valence-electron chi connectivity index (χ4n) is 2.30. The lowest BCUT2D eigenvalue weighted by Gasteiger charge is -2.24. The summed E-state index contributed by atoms with van der Waals surface area (Å²) in [7, 11) is 0. The molecule has 2 N–H and O–H groups in total. The summed E-state index contributed by atoms with van der Waals surface area (Å²) >= 11 is 0. The van der Waals surface area contributed by atoms with Crippen molar-refractivity contribution in [3.8, 4) is 0 Å². The molecule has 100 valence electrons. The molecular weight excluding hydrogens is 236 g/mol. The van der Waals surface area contributed by atoms with Gasteiger partial charge in [-0.15, -0.1) is 0 Å². The summed E-state index contributed by atoms with van der Waals surface area (Å²) in [6, 6.07) is 3.19. The van der Waals surface area contributed by atoms with Crippen LogP contribution in [0.15, 0.2) is 18.2 Å². The van der Waals surface area contributed by atoms with E-state index in [9.17, 15) is 8.78 Å². The number of rotatable bonds is 6.